The van der Waals surface area contributed by atoms with Crippen molar-refractivity contribution in [3.8, 4) is 5.75 Å². The van der Waals surface area contributed by atoms with Gasteiger partial charge >= 0.3 is 0 Å². The number of nitrogen functional groups attached to an aromatic ring is 1. The Labute approximate surface area is 164 Å². The number of nitrogens with two attached hydrogens (primary N) is 1. The topological polar surface area (TPSA) is 90.4 Å². The fourth-order valence-electron chi connectivity index (χ4n) is 2.85. The Morgan fingerprint density at radius 1 is 1.07 bits per heavy atom. The lowest BCUT2D eigenvalue weighted by Gasteiger charge is -2.08. The van der Waals surface area contributed by atoms with Crippen LogP contribution in [0.2, 0.25) is 0 Å². The van der Waals surface area contributed by atoms with Crippen LogP contribution in [0.4, 0.5) is 5.69 Å². The van der Waals surface area contributed by atoms with Crippen molar-refractivity contribution in [2.45, 2.75) is 33.3 Å². The molecule has 3 N–H and O–H groups in total. The summed E-state index contributed by atoms with van der Waals surface area (Å²) in [5.74, 6) is 1.51. The molecule has 0 saturated heterocycles. The highest BCUT2D eigenvalue weighted by molar-refractivity contribution is 5.78. The van der Waals surface area contributed by atoms with Crippen molar-refractivity contribution in [2.24, 2.45) is 0 Å². The Morgan fingerprint density at radius 3 is 2.39 bits per heavy atom. The van der Waals surface area contributed by atoms with Crippen molar-refractivity contribution >= 4 is 11.6 Å². The Kier molecular flexibility index (Phi) is 6.32. The number of aromatic nitrogens is 1. The zero-order chi connectivity index (χ0) is 19.9. The first kappa shape index (κ1) is 19.5. The number of carbonyl (C=O) groups is 1. The van der Waals surface area contributed by atoms with Crippen LogP contribution in [0, 0.1) is 13.8 Å². The number of anilines is 1. The van der Waals surface area contributed by atoms with E-state index >= 15 is 0 Å². The lowest BCUT2D eigenvalue weighted by atomic mass is 10.1. The van der Waals surface area contributed by atoms with Crippen LogP contribution in [-0.2, 0) is 24.2 Å². The molecule has 0 atom stereocenters. The number of carbonyl (C=O) groups excluding carboxylic acids is 1. The largest absolute Gasteiger partial charge is 0.489 e. The molecule has 0 aliphatic heterocycles. The van der Waals surface area contributed by atoms with E-state index in [2.05, 4.69) is 10.5 Å². The fourth-order valence-corrected chi connectivity index (χ4v) is 2.85. The summed E-state index contributed by atoms with van der Waals surface area (Å²) in [5, 5.41) is 6.86. The number of rotatable bonds is 8. The number of aryl methyl sites for hydroxylation is 2. The summed E-state index contributed by atoms with van der Waals surface area (Å²) in [7, 11) is 0. The molecule has 6 nitrogen and oxygen atoms in total. The van der Waals surface area contributed by atoms with Gasteiger partial charge in [0.2, 0.25) is 5.91 Å². The number of hydrogen-bond acceptors (Lipinski definition) is 5. The van der Waals surface area contributed by atoms with Crippen molar-refractivity contribution < 1.29 is 14.1 Å². The van der Waals surface area contributed by atoms with Crippen LogP contribution in [0.25, 0.3) is 0 Å². The van der Waals surface area contributed by atoms with Gasteiger partial charge in [-0.2, -0.15) is 0 Å². The van der Waals surface area contributed by atoms with Crippen molar-refractivity contribution in [1.29, 1.82) is 0 Å². The Balaban J connectivity index is 1.43. The van der Waals surface area contributed by atoms with E-state index in [9.17, 15) is 4.79 Å². The smallest absolute Gasteiger partial charge is 0.224 e. The summed E-state index contributed by atoms with van der Waals surface area (Å²) < 4.78 is 10.9. The third-order valence-electron chi connectivity index (χ3n) is 4.57. The summed E-state index contributed by atoms with van der Waals surface area (Å²) in [6.07, 6.45) is 1.12. The molecule has 0 spiro atoms. The molecule has 2 aromatic carbocycles. The van der Waals surface area contributed by atoms with Gasteiger partial charge in [-0.15, -0.1) is 0 Å². The predicted molar refractivity (Wildman–Crippen MR) is 108 cm³/mol. The molecule has 6 heteroatoms. The molecule has 0 fully saturated rings. The second-order valence-electron chi connectivity index (χ2n) is 6.75. The van der Waals surface area contributed by atoms with Gasteiger partial charge in [0, 0.05) is 12.2 Å². The van der Waals surface area contributed by atoms with Crippen molar-refractivity contribution in [3.63, 3.8) is 0 Å². The highest BCUT2D eigenvalue weighted by Crippen LogP contribution is 2.18. The molecule has 28 heavy (non-hydrogen) atoms. The molecule has 1 heterocycles. The van der Waals surface area contributed by atoms with Crippen LogP contribution >= 0.6 is 0 Å². The Morgan fingerprint density at radius 2 is 1.75 bits per heavy atom. The van der Waals surface area contributed by atoms with Crippen LogP contribution in [0.1, 0.15) is 28.1 Å². The minimum atomic E-state index is -0.000153. The van der Waals surface area contributed by atoms with Gasteiger partial charge in [-0.25, -0.2) is 0 Å². The molecule has 0 unspecified atom stereocenters. The molecule has 0 saturated carbocycles. The maximum atomic E-state index is 12.1. The maximum absolute atomic E-state index is 12.1. The molecule has 3 aromatic rings. The number of nitrogens with one attached hydrogen (secondary N) is 1. The quantitative estimate of drug-likeness (QED) is 0.586. The normalized spacial score (nSPS) is 10.6. The number of ether oxygens (including phenoxy) is 1. The van der Waals surface area contributed by atoms with Crippen LogP contribution in [0.5, 0.6) is 5.75 Å². The number of hydrogen-bond donors (Lipinski definition) is 2. The van der Waals surface area contributed by atoms with Crippen molar-refractivity contribution in [2.75, 3.05) is 12.3 Å². The summed E-state index contributed by atoms with van der Waals surface area (Å²) in [4.78, 5) is 12.1. The monoisotopic (exact) mass is 379 g/mol. The molecular weight excluding hydrogens is 354 g/mol. The molecule has 1 aromatic heterocycles. The standard InChI is InChI=1S/C22H25N3O3/c1-15-21(16(2)28-25-15)14-27-20-9-5-18(6-10-20)13-22(26)24-12-11-17-3-7-19(23)8-4-17/h3-10H,11-14,23H2,1-2H3,(H,24,26). The SMILES string of the molecule is Cc1noc(C)c1COc1ccc(CC(=O)NCCc2ccc(N)cc2)cc1. The highest BCUT2D eigenvalue weighted by atomic mass is 16.5. The van der Waals surface area contributed by atoms with Gasteiger partial charge in [0.05, 0.1) is 17.7 Å². The molecule has 0 bridgehead atoms. The van der Waals surface area contributed by atoms with Crippen molar-refractivity contribution in [3.05, 3.63) is 76.7 Å². The minimum absolute atomic E-state index is 0.000153. The van der Waals surface area contributed by atoms with Crippen LogP contribution in [0.3, 0.4) is 0 Å². The first-order chi connectivity index (χ1) is 13.5. The molecule has 0 aliphatic rings. The number of nitrogens with zero attached hydrogens (tertiary/aromatic N) is 1. The predicted octanol–water partition coefficient (Wildman–Crippen LogP) is 3.35. The summed E-state index contributed by atoms with van der Waals surface area (Å²) >= 11 is 0. The van der Waals surface area contributed by atoms with Gasteiger partial charge in [-0.05, 0) is 55.7 Å². The summed E-state index contributed by atoms with van der Waals surface area (Å²) in [6.45, 7) is 4.77. The highest BCUT2D eigenvalue weighted by Gasteiger charge is 2.10. The van der Waals surface area contributed by atoms with Gasteiger partial charge in [-0.3, -0.25) is 4.79 Å². The first-order valence-corrected chi connectivity index (χ1v) is 9.26. The Hall–Kier alpha value is -3.28. The van der Waals surface area contributed by atoms with E-state index < -0.39 is 0 Å². The third kappa shape index (κ3) is 5.36. The van der Waals surface area contributed by atoms with Crippen LogP contribution in [0.15, 0.2) is 53.1 Å². The van der Waals surface area contributed by atoms with Gasteiger partial charge in [0.15, 0.2) is 0 Å². The van der Waals surface area contributed by atoms with Gasteiger partial charge < -0.3 is 20.3 Å². The van der Waals surface area contributed by atoms with Crippen molar-refractivity contribution in [1.82, 2.24) is 10.5 Å². The molecule has 146 valence electrons. The van der Waals surface area contributed by atoms with Gasteiger partial charge in [0.25, 0.3) is 0 Å². The van der Waals surface area contributed by atoms with E-state index in [1.807, 2.05) is 62.4 Å². The van der Waals surface area contributed by atoms with Crippen LogP contribution in [-0.4, -0.2) is 17.6 Å². The lowest BCUT2D eigenvalue weighted by Crippen LogP contribution is -2.27. The second-order valence-corrected chi connectivity index (χ2v) is 6.75. The Bertz CT molecular complexity index is 896. The van der Waals surface area contributed by atoms with Gasteiger partial charge in [-0.1, -0.05) is 29.4 Å². The molecule has 3 rings (SSSR count). The molecule has 1 amide bonds. The second kappa shape index (κ2) is 9.08. The number of amides is 1. The van der Waals surface area contributed by atoms with E-state index in [0.29, 0.717) is 19.6 Å². The average molecular weight is 379 g/mol. The zero-order valence-electron chi connectivity index (χ0n) is 16.2. The van der Waals surface area contributed by atoms with E-state index in [1.165, 1.54) is 0 Å². The third-order valence-corrected chi connectivity index (χ3v) is 4.57. The van der Waals surface area contributed by atoms with Gasteiger partial charge in [0.1, 0.15) is 18.1 Å². The molecule has 0 radical (unpaired) electrons. The van der Waals surface area contributed by atoms with E-state index in [1.54, 1.807) is 0 Å². The maximum Gasteiger partial charge on any atom is 0.224 e. The summed E-state index contributed by atoms with van der Waals surface area (Å²) in [5.41, 5.74) is 10.3. The lowest BCUT2D eigenvalue weighted by molar-refractivity contribution is -0.120. The zero-order valence-corrected chi connectivity index (χ0v) is 16.2. The van der Waals surface area contributed by atoms with E-state index in [4.69, 9.17) is 15.0 Å². The molecule has 0 aliphatic carbocycles. The fraction of sp³-hybridized carbons (Fsp3) is 0.273. The first-order valence-electron chi connectivity index (χ1n) is 9.26. The minimum Gasteiger partial charge on any atom is -0.489 e. The van der Waals surface area contributed by atoms with E-state index in [0.717, 1.165) is 46.0 Å². The molecular formula is C22H25N3O3. The number of benzene rings is 2. The van der Waals surface area contributed by atoms with E-state index in [-0.39, 0.29) is 5.91 Å². The summed E-state index contributed by atoms with van der Waals surface area (Å²) in [6, 6.07) is 15.2. The average Bonchev–Trinajstić information content (AvgIpc) is 3.00. The van der Waals surface area contributed by atoms with Crippen LogP contribution < -0.4 is 15.8 Å².